The predicted octanol–water partition coefficient (Wildman–Crippen LogP) is 4.25. The maximum Gasteiger partial charge on any atom is 0.117 e. The van der Waals surface area contributed by atoms with Gasteiger partial charge in [-0.15, -0.1) is 0 Å². The number of likely N-dealkylation sites (tertiary alicyclic amines) is 1. The highest BCUT2D eigenvalue weighted by atomic mass is 16.5. The van der Waals surface area contributed by atoms with E-state index in [4.69, 9.17) is 4.74 Å². The number of nitrogens with zero attached hydrogens (tertiary/aromatic N) is 2. The van der Waals surface area contributed by atoms with Gasteiger partial charge in [0.25, 0.3) is 0 Å². The van der Waals surface area contributed by atoms with Crippen molar-refractivity contribution in [3.63, 3.8) is 0 Å². The van der Waals surface area contributed by atoms with Crippen LogP contribution in [0.3, 0.4) is 0 Å². The number of allylic oxidation sites excluding steroid dienone is 3. The number of benzene rings is 1. The maximum atomic E-state index is 6.02. The summed E-state index contributed by atoms with van der Waals surface area (Å²) in [6.07, 6.45) is 6.80. The van der Waals surface area contributed by atoms with Crippen LogP contribution in [0.1, 0.15) is 38.2 Å². The first-order valence-electron chi connectivity index (χ1n) is 9.36. The molecule has 1 saturated heterocycles. The standard InChI is InChI=1S/C22H32N2O/c1-22(2)16-20(17-9-7-6-8-10-17)19-12-11-18(15-21(19)24(22)5)25-14-13-23(3)4/h6-11,15,19-20H,12-14,16H2,1-5H3. The van der Waals surface area contributed by atoms with Gasteiger partial charge in [0.1, 0.15) is 12.4 Å². The summed E-state index contributed by atoms with van der Waals surface area (Å²) >= 11 is 0. The lowest BCUT2D eigenvalue weighted by Gasteiger charge is -2.51. The molecule has 0 spiro atoms. The monoisotopic (exact) mass is 340 g/mol. The Kier molecular flexibility index (Phi) is 5.24. The minimum atomic E-state index is 0.148. The fourth-order valence-corrected chi connectivity index (χ4v) is 4.06. The van der Waals surface area contributed by atoms with Crippen LogP contribution in [0.5, 0.6) is 0 Å². The van der Waals surface area contributed by atoms with Gasteiger partial charge < -0.3 is 14.5 Å². The second kappa shape index (κ2) is 7.25. The number of hydrogen-bond donors (Lipinski definition) is 0. The van der Waals surface area contributed by atoms with Gasteiger partial charge in [-0.05, 0) is 64.4 Å². The molecule has 1 aromatic rings. The van der Waals surface area contributed by atoms with Gasteiger partial charge in [0.2, 0.25) is 0 Å². The summed E-state index contributed by atoms with van der Waals surface area (Å²) in [5.41, 5.74) is 3.03. The van der Waals surface area contributed by atoms with Crippen LogP contribution in [0.4, 0.5) is 0 Å². The number of piperidine rings is 1. The molecule has 3 heteroatoms. The summed E-state index contributed by atoms with van der Waals surface area (Å²) in [5.74, 6) is 2.14. The number of hydrogen-bond acceptors (Lipinski definition) is 3. The molecule has 2 atom stereocenters. The molecule has 2 unspecified atom stereocenters. The van der Waals surface area contributed by atoms with Gasteiger partial charge in [-0.25, -0.2) is 0 Å². The van der Waals surface area contributed by atoms with E-state index >= 15 is 0 Å². The summed E-state index contributed by atoms with van der Waals surface area (Å²) in [4.78, 5) is 4.63. The second-order valence-electron chi connectivity index (χ2n) is 8.26. The first-order chi connectivity index (χ1) is 11.9. The fourth-order valence-electron chi connectivity index (χ4n) is 4.06. The van der Waals surface area contributed by atoms with E-state index in [1.165, 1.54) is 17.7 Å². The molecule has 1 aliphatic carbocycles. The van der Waals surface area contributed by atoms with E-state index in [1.54, 1.807) is 0 Å². The maximum absolute atomic E-state index is 6.02. The zero-order chi connectivity index (χ0) is 18.0. The van der Waals surface area contributed by atoms with Gasteiger partial charge in [0.15, 0.2) is 0 Å². The largest absolute Gasteiger partial charge is 0.493 e. The Bertz CT molecular complexity index is 645. The summed E-state index contributed by atoms with van der Waals surface area (Å²) in [7, 11) is 6.40. The third-order valence-corrected chi connectivity index (χ3v) is 5.78. The SMILES string of the molecule is CN(C)CCOC1=CCC2C(=C1)N(C)C(C)(C)CC2c1ccccc1. The Morgan fingerprint density at radius 3 is 2.56 bits per heavy atom. The third-order valence-electron chi connectivity index (χ3n) is 5.78. The Labute approximate surface area is 153 Å². The molecule has 0 N–H and O–H groups in total. The number of rotatable bonds is 5. The lowest BCUT2D eigenvalue weighted by atomic mass is 9.69. The van der Waals surface area contributed by atoms with E-state index in [-0.39, 0.29) is 5.54 Å². The van der Waals surface area contributed by atoms with Crippen molar-refractivity contribution in [3.8, 4) is 0 Å². The van der Waals surface area contributed by atoms with Crippen molar-refractivity contribution in [3.05, 3.63) is 59.5 Å². The second-order valence-corrected chi connectivity index (χ2v) is 8.26. The molecule has 136 valence electrons. The van der Waals surface area contributed by atoms with E-state index in [2.05, 4.69) is 87.3 Å². The molecule has 3 nitrogen and oxygen atoms in total. The quantitative estimate of drug-likeness (QED) is 0.797. The molecule has 1 aromatic carbocycles. The van der Waals surface area contributed by atoms with Crippen molar-refractivity contribution in [2.45, 2.75) is 38.1 Å². The fraction of sp³-hybridized carbons (Fsp3) is 0.545. The van der Waals surface area contributed by atoms with Crippen molar-refractivity contribution in [1.82, 2.24) is 9.80 Å². The average molecular weight is 341 g/mol. The first-order valence-corrected chi connectivity index (χ1v) is 9.36. The van der Waals surface area contributed by atoms with Crippen LogP contribution in [0, 0.1) is 5.92 Å². The van der Waals surface area contributed by atoms with Crippen LogP contribution in [0.2, 0.25) is 0 Å². The van der Waals surface area contributed by atoms with Crippen molar-refractivity contribution in [2.75, 3.05) is 34.3 Å². The van der Waals surface area contributed by atoms with Crippen LogP contribution in [0.15, 0.2) is 53.9 Å². The molecule has 25 heavy (non-hydrogen) atoms. The summed E-state index contributed by atoms with van der Waals surface area (Å²) in [6, 6.07) is 11.0. The van der Waals surface area contributed by atoms with Crippen molar-refractivity contribution in [2.24, 2.45) is 5.92 Å². The smallest absolute Gasteiger partial charge is 0.117 e. The molecule has 2 aliphatic rings. The van der Waals surface area contributed by atoms with E-state index in [0.717, 1.165) is 25.3 Å². The molecule has 0 radical (unpaired) electrons. The number of fused-ring (bicyclic) bond motifs is 1. The minimum absolute atomic E-state index is 0.148. The highest BCUT2D eigenvalue weighted by Crippen LogP contribution is 2.48. The molecule has 3 rings (SSSR count). The highest BCUT2D eigenvalue weighted by molar-refractivity contribution is 5.34. The van der Waals surface area contributed by atoms with Gasteiger partial charge in [-0.2, -0.15) is 0 Å². The summed E-state index contributed by atoms with van der Waals surface area (Å²) < 4.78 is 6.02. The molecule has 1 aliphatic heterocycles. The van der Waals surface area contributed by atoms with Crippen LogP contribution < -0.4 is 0 Å². The minimum Gasteiger partial charge on any atom is -0.493 e. The molecule has 1 fully saturated rings. The Balaban J connectivity index is 1.83. The van der Waals surface area contributed by atoms with E-state index < -0.39 is 0 Å². The molecule has 0 bridgehead atoms. The molecular formula is C22H32N2O. The van der Waals surface area contributed by atoms with Crippen molar-refractivity contribution < 1.29 is 4.74 Å². The van der Waals surface area contributed by atoms with Crippen molar-refractivity contribution in [1.29, 1.82) is 0 Å². The van der Waals surface area contributed by atoms with E-state index in [0.29, 0.717) is 11.8 Å². The van der Waals surface area contributed by atoms with Gasteiger partial charge >= 0.3 is 0 Å². The predicted molar refractivity (Wildman–Crippen MR) is 104 cm³/mol. The van der Waals surface area contributed by atoms with Crippen LogP contribution in [-0.2, 0) is 4.74 Å². The first kappa shape index (κ1) is 18.1. The number of likely N-dealkylation sites (N-methyl/N-ethyl adjacent to an activating group) is 1. The highest BCUT2D eigenvalue weighted by Gasteiger charge is 2.42. The third kappa shape index (κ3) is 3.92. The van der Waals surface area contributed by atoms with Gasteiger partial charge in [-0.3, -0.25) is 0 Å². The Morgan fingerprint density at radius 1 is 1.16 bits per heavy atom. The molecule has 0 amide bonds. The lowest BCUT2D eigenvalue weighted by Crippen LogP contribution is -2.49. The summed E-state index contributed by atoms with van der Waals surface area (Å²) in [5, 5.41) is 0. The Hall–Kier alpha value is -1.74. The van der Waals surface area contributed by atoms with Crippen LogP contribution in [0.25, 0.3) is 0 Å². The van der Waals surface area contributed by atoms with Gasteiger partial charge in [0.05, 0.1) is 0 Å². The normalized spacial score (nSPS) is 25.3. The van der Waals surface area contributed by atoms with Gasteiger partial charge in [-0.1, -0.05) is 30.3 Å². The molecular weight excluding hydrogens is 308 g/mol. The zero-order valence-electron chi connectivity index (χ0n) is 16.3. The van der Waals surface area contributed by atoms with Crippen LogP contribution in [-0.4, -0.2) is 49.6 Å². The average Bonchev–Trinajstić information content (AvgIpc) is 2.59. The van der Waals surface area contributed by atoms with Crippen LogP contribution >= 0.6 is 0 Å². The lowest BCUT2D eigenvalue weighted by molar-refractivity contribution is 0.0985. The molecule has 1 heterocycles. The topological polar surface area (TPSA) is 15.7 Å². The Morgan fingerprint density at radius 2 is 1.88 bits per heavy atom. The summed E-state index contributed by atoms with van der Waals surface area (Å²) in [6.45, 7) is 6.39. The molecule has 0 saturated carbocycles. The molecule has 0 aromatic heterocycles. The van der Waals surface area contributed by atoms with Gasteiger partial charge in [0, 0.05) is 30.7 Å². The van der Waals surface area contributed by atoms with E-state index in [9.17, 15) is 0 Å². The zero-order valence-corrected chi connectivity index (χ0v) is 16.3. The number of ether oxygens (including phenoxy) is 1. The van der Waals surface area contributed by atoms with E-state index in [1.807, 2.05) is 0 Å². The van der Waals surface area contributed by atoms with Crippen molar-refractivity contribution >= 4 is 0 Å².